The fourth-order valence-electron chi connectivity index (χ4n) is 1.74. The van der Waals surface area contributed by atoms with Gasteiger partial charge >= 0.3 is 0 Å². The van der Waals surface area contributed by atoms with Crippen LogP contribution >= 0.6 is 0 Å². The van der Waals surface area contributed by atoms with Gasteiger partial charge in [0.05, 0.1) is 0 Å². The van der Waals surface area contributed by atoms with Crippen molar-refractivity contribution in [3.05, 3.63) is 0 Å². The standard InChI is InChI=1S/C10H21N/c1-10(2,3)7-9(11)8-5-4-6-8/h8-9H,4-7,11H2,1-3H3/t9-/m0/s1. The molecule has 1 rings (SSSR count). The van der Waals surface area contributed by atoms with E-state index in [4.69, 9.17) is 5.73 Å². The maximum Gasteiger partial charge on any atom is 0.00721 e. The Labute approximate surface area is 70.4 Å². The summed E-state index contributed by atoms with van der Waals surface area (Å²) in [7, 11) is 0. The van der Waals surface area contributed by atoms with Crippen molar-refractivity contribution in [3.63, 3.8) is 0 Å². The fourth-order valence-corrected chi connectivity index (χ4v) is 1.74. The first-order chi connectivity index (χ1) is 4.99. The van der Waals surface area contributed by atoms with Crippen LogP contribution in [0.15, 0.2) is 0 Å². The monoisotopic (exact) mass is 155 g/mol. The molecular formula is C10H21N. The molecule has 1 fully saturated rings. The third-order valence-electron chi connectivity index (χ3n) is 2.60. The maximum absolute atomic E-state index is 6.07. The number of hydrogen-bond donors (Lipinski definition) is 1. The van der Waals surface area contributed by atoms with Crippen LogP contribution in [0.5, 0.6) is 0 Å². The van der Waals surface area contributed by atoms with Crippen LogP contribution in [0.4, 0.5) is 0 Å². The summed E-state index contributed by atoms with van der Waals surface area (Å²) in [5.74, 6) is 0.842. The summed E-state index contributed by atoms with van der Waals surface area (Å²) in [6, 6.07) is 0.462. The van der Waals surface area contributed by atoms with Crippen molar-refractivity contribution in [3.8, 4) is 0 Å². The summed E-state index contributed by atoms with van der Waals surface area (Å²) < 4.78 is 0. The Morgan fingerprint density at radius 1 is 1.36 bits per heavy atom. The molecule has 2 N–H and O–H groups in total. The van der Waals surface area contributed by atoms with Crippen LogP contribution in [-0.4, -0.2) is 6.04 Å². The zero-order chi connectivity index (χ0) is 8.48. The Balaban J connectivity index is 2.24. The lowest BCUT2D eigenvalue weighted by molar-refractivity contribution is 0.207. The van der Waals surface area contributed by atoms with Crippen molar-refractivity contribution in [2.75, 3.05) is 0 Å². The van der Waals surface area contributed by atoms with Crippen LogP contribution in [0.1, 0.15) is 46.5 Å². The van der Waals surface area contributed by atoms with E-state index in [1.165, 1.54) is 25.7 Å². The minimum Gasteiger partial charge on any atom is -0.327 e. The van der Waals surface area contributed by atoms with Gasteiger partial charge in [0.15, 0.2) is 0 Å². The van der Waals surface area contributed by atoms with E-state index in [1.54, 1.807) is 0 Å². The minimum absolute atomic E-state index is 0.412. The van der Waals surface area contributed by atoms with Crippen molar-refractivity contribution in [2.24, 2.45) is 17.1 Å². The summed E-state index contributed by atoms with van der Waals surface area (Å²) in [5.41, 5.74) is 6.48. The minimum atomic E-state index is 0.412. The van der Waals surface area contributed by atoms with Crippen LogP contribution in [0.25, 0.3) is 0 Å². The predicted octanol–water partition coefficient (Wildman–Crippen LogP) is 2.55. The fraction of sp³-hybridized carbons (Fsp3) is 1.00. The highest BCUT2D eigenvalue weighted by Gasteiger charge is 2.27. The van der Waals surface area contributed by atoms with Crippen LogP contribution in [0.2, 0.25) is 0 Å². The maximum atomic E-state index is 6.07. The van der Waals surface area contributed by atoms with Crippen LogP contribution in [-0.2, 0) is 0 Å². The highest BCUT2D eigenvalue weighted by atomic mass is 14.7. The second-order valence-corrected chi connectivity index (χ2v) is 5.12. The summed E-state index contributed by atoms with van der Waals surface area (Å²) in [4.78, 5) is 0. The average molecular weight is 155 g/mol. The van der Waals surface area contributed by atoms with Gasteiger partial charge in [0, 0.05) is 6.04 Å². The molecule has 0 spiro atoms. The average Bonchev–Trinajstić information content (AvgIpc) is 1.50. The van der Waals surface area contributed by atoms with Crippen molar-refractivity contribution in [1.29, 1.82) is 0 Å². The van der Waals surface area contributed by atoms with Gasteiger partial charge in [-0.3, -0.25) is 0 Å². The van der Waals surface area contributed by atoms with Gasteiger partial charge in [-0.05, 0) is 30.6 Å². The van der Waals surface area contributed by atoms with Crippen LogP contribution in [0.3, 0.4) is 0 Å². The van der Waals surface area contributed by atoms with E-state index in [2.05, 4.69) is 20.8 Å². The molecule has 0 unspecified atom stereocenters. The molecule has 0 aromatic rings. The predicted molar refractivity (Wildman–Crippen MR) is 49.4 cm³/mol. The molecule has 1 aliphatic rings. The van der Waals surface area contributed by atoms with E-state index in [1.807, 2.05) is 0 Å². The largest absolute Gasteiger partial charge is 0.327 e. The highest BCUT2D eigenvalue weighted by Crippen LogP contribution is 2.33. The Morgan fingerprint density at radius 3 is 2.18 bits per heavy atom. The lowest BCUT2D eigenvalue weighted by Gasteiger charge is -2.34. The Morgan fingerprint density at radius 2 is 1.91 bits per heavy atom. The summed E-state index contributed by atoms with van der Waals surface area (Å²) in [5, 5.41) is 0. The summed E-state index contributed by atoms with van der Waals surface area (Å²) >= 11 is 0. The van der Waals surface area contributed by atoms with Crippen molar-refractivity contribution in [1.82, 2.24) is 0 Å². The van der Waals surface area contributed by atoms with Crippen molar-refractivity contribution < 1.29 is 0 Å². The molecule has 1 atom stereocenters. The van der Waals surface area contributed by atoms with Gasteiger partial charge in [0.25, 0.3) is 0 Å². The topological polar surface area (TPSA) is 26.0 Å². The van der Waals surface area contributed by atoms with Gasteiger partial charge in [-0.1, -0.05) is 27.2 Å². The molecule has 0 heterocycles. The van der Waals surface area contributed by atoms with E-state index in [9.17, 15) is 0 Å². The second kappa shape index (κ2) is 3.14. The Bertz CT molecular complexity index is 119. The molecule has 66 valence electrons. The molecule has 0 saturated heterocycles. The first-order valence-corrected chi connectivity index (χ1v) is 4.74. The smallest absolute Gasteiger partial charge is 0.00721 e. The van der Waals surface area contributed by atoms with E-state index >= 15 is 0 Å². The summed E-state index contributed by atoms with van der Waals surface area (Å²) in [6.07, 6.45) is 5.33. The Hall–Kier alpha value is -0.0400. The highest BCUT2D eigenvalue weighted by molar-refractivity contribution is 4.83. The van der Waals surface area contributed by atoms with E-state index in [0.717, 1.165) is 5.92 Å². The van der Waals surface area contributed by atoms with Gasteiger partial charge in [0.2, 0.25) is 0 Å². The molecule has 0 radical (unpaired) electrons. The molecule has 0 aromatic carbocycles. The lowest BCUT2D eigenvalue weighted by Crippen LogP contribution is -2.37. The van der Waals surface area contributed by atoms with Gasteiger partial charge in [0.1, 0.15) is 0 Å². The molecule has 0 aliphatic heterocycles. The number of rotatable bonds is 2. The van der Waals surface area contributed by atoms with E-state index < -0.39 is 0 Å². The lowest BCUT2D eigenvalue weighted by atomic mass is 9.74. The second-order valence-electron chi connectivity index (χ2n) is 5.12. The summed E-state index contributed by atoms with van der Waals surface area (Å²) in [6.45, 7) is 6.81. The van der Waals surface area contributed by atoms with Gasteiger partial charge in [-0.25, -0.2) is 0 Å². The molecule has 1 nitrogen and oxygen atoms in total. The number of nitrogens with two attached hydrogens (primary N) is 1. The van der Waals surface area contributed by atoms with Gasteiger partial charge in [-0.2, -0.15) is 0 Å². The van der Waals surface area contributed by atoms with Crippen molar-refractivity contribution in [2.45, 2.75) is 52.5 Å². The number of hydrogen-bond acceptors (Lipinski definition) is 1. The van der Waals surface area contributed by atoms with Crippen molar-refractivity contribution >= 4 is 0 Å². The zero-order valence-electron chi connectivity index (χ0n) is 8.06. The molecule has 0 aromatic heterocycles. The molecule has 1 saturated carbocycles. The molecule has 1 aliphatic carbocycles. The Kier molecular flexibility index (Phi) is 2.58. The van der Waals surface area contributed by atoms with E-state index in [-0.39, 0.29) is 0 Å². The molecular weight excluding hydrogens is 134 g/mol. The third kappa shape index (κ3) is 2.82. The van der Waals surface area contributed by atoms with Crippen LogP contribution in [0, 0.1) is 11.3 Å². The third-order valence-corrected chi connectivity index (χ3v) is 2.60. The zero-order valence-corrected chi connectivity index (χ0v) is 8.06. The van der Waals surface area contributed by atoms with Gasteiger partial charge < -0.3 is 5.73 Å². The molecule has 1 heteroatoms. The van der Waals surface area contributed by atoms with E-state index in [0.29, 0.717) is 11.5 Å². The van der Waals surface area contributed by atoms with Crippen LogP contribution < -0.4 is 5.73 Å². The molecule has 0 amide bonds. The first kappa shape index (κ1) is 9.05. The SMILES string of the molecule is CC(C)(C)C[C@H](N)C1CCC1. The molecule has 11 heavy (non-hydrogen) atoms. The first-order valence-electron chi connectivity index (χ1n) is 4.74. The molecule has 0 bridgehead atoms. The normalized spacial score (nSPS) is 22.9. The van der Waals surface area contributed by atoms with Gasteiger partial charge in [-0.15, -0.1) is 0 Å². The quantitative estimate of drug-likeness (QED) is 0.651.